The van der Waals surface area contributed by atoms with E-state index in [0.717, 1.165) is 11.5 Å². The molecule has 1 aromatic carbocycles. The van der Waals surface area contributed by atoms with Crippen LogP contribution in [0.5, 0.6) is 0 Å². The average molecular weight is 292 g/mol. The normalized spacial score (nSPS) is 30.2. The van der Waals surface area contributed by atoms with E-state index >= 15 is 0 Å². The third kappa shape index (κ3) is 2.02. The summed E-state index contributed by atoms with van der Waals surface area (Å²) in [7, 11) is -1.35. The minimum absolute atomic E-state index is 0.682. The highest BCUT2D eigenvalue weighted by Crippen LogP contribution is 2.53. The lowest BCUT2D eigenvalue weighted by molar-refractivity contribution is 0.449. The van der Waals surface area contributed by atoms with Crippen molar-refractivity contribution in [2.75, 3.05) is 0 Å². The van der Waals surface area contributed by atoms with Crippen LogP contribution in [-0.4, -0.2) is 8.07 Å². The molecule has 0 fully saturated rings. The van der Waals surface area contributed by atoms with Crippen molar-refractivity contribution in [1.29, 1.82) is 0 Å². The van der Waals surface area contributed by atoms with Crippen LogP contribution in [0.3, 0.4) is 0 Å². The van der Waals surface area contributed by atoms with Gasteiger partial charge >= 0.3 is 0 Å². The number of fused-ring (bicyclic) bond motifs is 3. The predicted octanol–water partition coefficient (Wildman–Crippen LogP) is 5.41. The molecule has 0 saturated carbocycles. The van der Waals surface area contributed by atoms with Crippen molar-refractivity contribution >= 4 is 8.07 Å². The fraction of sp³-hybridized carbons (Fsp3) is 0.400. The van der Waals surface area contributed by atoms with Crippen molar-refractivity contribution in [3.8, 4) is 0 Å². The largest absolute Gasteiger partial charge is 0.0879 e. The van der Waals surface area contributed by atoms with E-state index in [1.165, 1.54) is 19.3 Å². The second-order valence-electron chi connectivity index (χ2n) is 7.41. The van der Waals surface area contributed by atoms with E-state index in [9.17, 15) is 0 Å². The van der Waals surface area contributed by atoms with Crippen molar-refractivity contribution in [1.82, 2.24) is 0 Å². The van der Waals surface area contributed by atoms with Crippen LogP contribution >= 0.6 is 0 Å². The van der Waals surface area contributed by atoms with E-state index in [1.807, 2.05) is 0 Å². The first kappa shape index (κ1) is 13.3. The van der Waals surface area contributed by atoms with Gasteiger partial charge in [-0.05, 0) is 41.8 Å². The Hall–Kier alpha value is -1.34. The molecule has 3 aliphatic rings. The highest BCUT2D eigenvalue weighted by atomic mass is 28.3. The smallest absolute Gasteiger partial charge is 0.0795 e. The van der Waals surface area contributed by atoms with E-state index in [0.29, 0.717) is 5.92 Å². The molecule has 0 saturated heterocycles. The molecule has 0 spiro atoms. The summed E-state index contributed by atoms with van der Waals surface area (Å²) in [6.07, 6.45) is 15.8. The van der Waals surface area contributed by atoms with Gasteiger partial charge in [0.25, 0.3) is 0 Å². The molecule has 4 rings (SSSR count). The first-order valence-electron chi connectivity index (χ1n) is 8.28. The molecule has 3 unspecified atom stereocenters. The molecule has 108 valence electrons. The van der Waals surface area contributed by atoms with Crippen LogP contribution in [0, 0.1) is 5.92 Å². The fourth-order valence-electron chi connectivity index (χ4n) is 4.84. The molecule has 0 N–H and O–H groups in total. The van der Waals surface area contributed by atoms with Crippen LogP contribution in [0.1, 0.15) is 29.9 Å². The summed E-state index contributed by atoms with van der Waals surface area (Å²) in [4.78, 5) is 0. The van der Waals surface area contributed by atoms with Gasteiger partial charge in [0.05, 0.1) is 8.07 Å². The fourth-order valence-corrected chi connectivity index (χ4v) is 8.60. The topological polar surface area (TPSA) is 0 Å². The minimum atomic E-state index is -1.35. The van der Waals surface area contributed by atoms with Crippen LogP contribution < -0.4 is 0 Å². The Morgan fingerprint density at radius 2 is 1.95 bits per heavy atom. The van der Waals surface area contributed by atoms with Crippen molar-refractivity contribution in [3.05, 3.63) is 71.0 Å². The Balaban J connectivity index is 1.69. The molecule has 0 bridgehead atoms. The third-order valence-corrected chi connectivity index (χ3v) is 10.7. The molecule has 21 heavy (non-hydrogen) atoms. The molecule has 0 aliphatic heterocycles. The summed E-state index contributed by atoms with van der Waals surface area (Å²) in [5, 5.41) is 1.76. The van der Waals surface area contributed by atoms with Crippen LogP contribution in [0.15, 0.2) is 59.8 Å². The van der Waals surface area contributed by atoms with Crippen LogP contribution in [-0.2, 0) is 6.42 Å². The summed E-state index contributed by atoms with van der Waals surface area (Å²) in [6, 6.07) is 9.13. The molecule has 1 heteroatoms. The molecule has 0 heterocycles. The van der Waals surface area contributed by atoms with Crippen molar-refractivity contribution < 1.29 is 0 Å². The van der Waals surface area contributed by atoms with Crippen LogP contribution in [0.4, 0.5) is 0 Å². The lowest BCUT2D eigenvalue weighted by Gasteiger charge is -2.41. The van der Waals surface area contributed by atoms with Gasteiger partial charge in [0.15, 0.2) is 0 Å². The van der Waals surface area contributed by atoms with E-state index in [-0.39, 0.29) is 0 Å². The lowest BCUT2D eigenvalue weighted by Crippen LogP contribution is -2.41. The molecular formula is C20H24Si. The molecular weight excluding hydrogens is 268 g/mol. The number of benzene rings is 1. The molecule has 0 aromatic heterocycles. The molecule has 0 radical (unpaired) electrons. The van der Waals surface area contributed by atoms with Gasteiger partial charge in [0.1, 0.15) is 0 Å². The van der Waals surface area contributed by atoms with E-state index in [4.69, 9.17) is 0 Å². The first-order valence-corrected chi connectivity index (χ1v) is 11.4. The molecule has 0 amide bonds. The maximum Gasteiger partial charge on any atom is 0.0795 e. The number of allylic oxidation sites excluding steroid dienone is 6. The third-order valence-electron chi connectivity index (χ3n) is 6.11. The van der Waals surface area contributed by atoms with Crippen molar-refractivity contribution in [2.24, 2.45) is 5.92 Å². The molecule has 1 aromatic rings. The summed E-state index contributed by atoms with van der Waals surface area (Å²) < 4.78 is 0. The van der Waals surface area contributed by atoms with E-state index in [2.05, 4.69) is 67.7 Å². The SMILES string of the molecule is C[Si](C)(C1=CC=CC1)C1CC=CC2c3ccccc3CC21. The quantitative estimate of drug-likeness (QED) is 0.505. The highest BCUT2D eigenvalue weighted by Gasteiger charge is 2.46. The van der Waals surface area contributed by atoms with Gasteiger partial charge in [0, 0.05) is 5.92 Å². The monoisotopic (exact) mass is 292 g/mol. The summed E-state index contributed by atoms with van der Waals surface area (Å²) in [5.41, 5.74) is 4.10. The number of hydrogen-bond donors (Lipinski definition) is 0. The Morgan fingerprint density at radius 3 is 2.76 bits per heavy atom. The second-order valence-corrected chi connectivity index (χ2v) is 12.2. The minimum Gasteiger partial charge on any atom is -0.0879 e. The van der Waals surface area contributed by atoms with Crippen molar-refractivity contribution in [2.45, 2.75) is 43.8 Å². The summed E-state index contributed by atoms with van der Waals surface area (Å²) in [5.74, 6) is 1.53. The van der Waals surface area contributed by atoms with Crippen LogP contribution in [0.25, 0.3) is 0 Å². The van der Waals surface area contributed by atoms with Gasteiger partial charge in [-0.15, -0.1) is 0 Å². The zero-order valence-electron chi connectivity index (χ0n) is 13.0. The molecule has 3 aliphatic carbocycles. The van der Waals surface area contributed by atoms with Gasteiger partial charge in [0.2, 0.25) is 0 Å². The number of rotatable bonds is 2. The maximum absolute atomic E-state index is 2.61. The standard InChI is InChI=1S/C20H24Si/c1-21(2,16-9-4-5-10-16)20-13-7-12-18-17-11-6-3-8-15(17)14-19(18)20/h3-9,11-12,18-20H,10,13-14H2,1-2H3. The maximum atomic E-state index is 2.61. The highest BCUT2D eigenvalue weighted by molar-refractivity contribution is 6.85. The predicted molar refractivity (Wildman–Crippen MR) is 93.2 cm³/mol. The average Bonchev–Trinajstić information content (AvgIpc) is 3.14. The Bertz CT molecular complexity index is 648. The van der Waals surface area contributed by atoms with Gasteiger partial charge in [-0.25, -0.2) is 0 Å². The molecule has 0 nitrogen and oxygen atoms in total. The van der Waals surface area contributed by atoms with Gasteiger partial charge in [-0.2, -0.15) is 0 Å². The second kappa shape index (κ2) is 4.84. The summed E-state index contributed by atoms with van der Waals surface area (Å²) in [6.45, 7) is 5.21. The number of hydrogen-bond acceptors (Lipinski definition) is 0. The van der Waals surface area contributed by atoms with Crippen molar-refractivity contribution in [3.63, 3.8) is 0 Å². The molecule has 3 atom stereocenters. The Kier molecular flexibility index (Phi) is 3.07. The Labute approximate surface area is 129 Å². The van der Waals surface area contributed by atoms with Gasteiger partial charge in [-0.1, -0.05) is 72.9 Å². The lowest BCUT2D eigenvalue weighted by atomic mass is 9.84. The van der Waals surface area contributed by atoms with Crippen LogP contribution in [0.2, 0.25) is 18.6 Å². The zero-order chi connectivity index (χ0) is 14.4. The van der Waals surface area contributed by atoms with E-state index < -0.39 is 8.07 Å². The zero-order valence-corrected chi connectivity index (χ0v) is 14.0. The van der Waals surface area contributed by atoms with E-state index in [1.54, 1.807) is 16.3 Å². The van der Waals surface area contributed by atoms with Gasteiger partial charge in [-0.3, -0.25) is 0 Å². The van der Waals surface area contributed by atoms with Gasteiger partial charge < -0.3 is 0 Å². The first-order chi connectivity index (χ1) is 10.2. The summed E-state index contributed by atoms with van der Waals surface area (Å²) >= 11 is 0. The Morgan fingerprint density at radius 1 is 1.10 bits per heavy atom.